The van der Waals surface area contributed by atoms with Crippen molar-refractivity contribution < 1.29 is 23.6 Å². The third kappa shape index (κ3) is 4.03. The van der Waals surface area contributed by atoms with Gasteiger partial charge in [0, 0.05) is 5.56 Å². The number of hydrogen-bond acceptors (Lipinski definition) is 6. The number of carbonyl (C=O) groups excluding carboxylic acids is 2. The summed E-state index contributed by atoms with van der Waals surface area (Å²) in [5.41, 5.74) is 2.99. The first-order valence-corrected chi connectivity index (χ1v) is 10.1. The van der Waals surface area contributed by atoms with Crippen LogP contribution in [-0.4, -0.2) is 24.3 Å². The van der Waals surface area contributed by atoms with Crippen molar-refractivity contribution in [3.8, 4) is 11.3 Å². The van der Waals surface area contributed by atoms with Crippen molar-refractivity contribution in [1.82, 2.24) is 5.16 Å². The number of nitrogens with one attached hydrogen (secondary N) is 1. The van der Waals surface area contributed by atoms with Crippen molar-refractivity contribution in [2.24, 2.45) is 0 Å². The lowest BCUT2D eigenvalue weighted by Gasteiger charge is -2.15. The third-order valence-corrected chi connectivity index (χ3v) is 5.67. The molecule has 7 nitrogen and oxygen atoms in total. The Bertz CT molecular complexity index is 1080. The average molecular weight is 420 g/mol. The molecule has 1 aliphatic rings. The maximum Gasteiger partial charge on any atom is 0.412 e. The van der Waals surface area contributed by atoms with Gasteiger partial charge in [0.25, 0.3) is 0 Å². The standard InChI is InChI=1S/C24H24N2O5/c1-15-20(25-23(28)30-16(2)17-7-5-4-6-8-17)21(31-26-15)18-9-11-19(12-10-18)24(13-14-24)22(27)29-3/h4-12,16H,13-14H2,1-3H3,(H,25,28)/t16-/m1/s1. The Labute approximate surface area is 180 Å². The van der Waals surface area contributed by atoms with Crippen molar-refractivity contribution in [1.29, 1.82) is 0 Å². The number of hydrogen-bond donors (Lipinski definition) is 1. The van der Waals surface area contributed by atoms with Crippen molar-refractivity contribution in [2.45, 2.75) is 38.2 Å². The summed E-state index contributed by atoms with van der Waals surface area (Å²) in [6, 6.07) is 17.0. The van der Waals surface area contributed by atoms with Crippen molar-refractivity contribution in [3.05, 3.63) is 71.4 Å². The van der Waals surface area contributed by atoms with Gasteiger partial charge in [-0.05, 0) is 37.8 Å². The molecular formula is C24H24N2O5. The van der Waals surface area contributed by atoms with Gasteiger partial charge in [0.15, 0.2) is 5.76 Å². The Morgan fingerprint density at radius 2 is 1.77 bits per heavy atom. The van der Waals surface area contributed by atoms with Crippen LogP contribution in [0.3, 0.4) is 0 Å². The van der Waals surface area contributed by atoms with Crippen LogP contribution >= 0.6 is 0 Å². The van der Waals surface area contributed by atoms with E-state index in [1.54, 1.807) is 6.92 Å². The van der Waals surface area contributed by atoms with E-state index in [0.29, 0.717) is 17.1 Å². The molecule has 0 bridgehead atoms. The lowest BCUT2D eigenvalue weighted by Crippen LogP contribution is -2.21. The van der Waals surface area contributed by atoms with E-state index >= 15 is 0 Å². The van der Waals surface area contributed by atoms with Gasteiger partial charge < -0.3 is 14.0 Å². The van der Waals surface area contributed by atoms with E-state index in [0.717, 1.165) is 29.5 Å². The molecule has 1 aromatic heterocycles. The second-order valence-corrected chi connectivity index (χ2v) is 7.71. The van der Waals surface area contributed by atoms with Crippen LogP contribution < -0.4 is 5.32 Å². The van der Waals surface area contributed by atoms with E-state index in [4.69, 9.17) is 14.0 Å². The van der Waals surface area contributed by atoms with Gasteiger partial charge in [0.2, 0.25) is 0 Å². The molecule has 4 rings (SSSR count). The maximum absolute atomic E-state index is 12.5. The average Bonchev–Trinajstić information content (AvgIpc) is 3.53. The van der Waals surface area contributed by atoms with Gasteiger partial charge in [0.1, 0.15) is 17.5 Å². The van der Waals surface area contributed by atoms with Gasteiger partial charge >= 0.3 is 12.1 Å². The molecule has 31 heavy (non-hydrogen) atoms. The molecule has 0 spiro atoms. The molecule has 1 saturated carbocycles. The maximum atomic E-state index is 12.5. The predicted molar refractivity (Wildman–Crippen MR) is 115 cm³/mol. The first kappa shape index (κ1) is 20.7. The smallest absolute Gasteiger partial charge is 0.412 e. The Kier molecular flexibility index (Phi) is 5.50. The number of benzene rings is 2. The monoisotopic (exact) mass is 420 g/mol. The highest BCUT2D eigenvalue weighted by molar-refractivity contribution is 5.91. The van der Waals surface area contributed by atoms with Gasteiger partial charge in [-0.15, -0.1) is 0 Å². The van der Waals surface area contributed by atoms with Crippen LogP contribution in [0.1, 0.15) is 42.7 Å². The number of esters is 1. The van der Waals surface area contributed by atoms with Gasteiger partial charge in [0.05, 0.1) is 12.5 Å². The van der Waals surface area contributed by atoms with Crippen LogP contribution in [-0.2, 0) is 19.7 Å². The van der Waals surface area contributed by atoms with Crippen LogP contribution in [0.5, 0.6) is 0 Å². The minimum Gasteiger partial charge on any atom is -0.468 e. The number of aryl methyl sites for hydroxylation is 1. The minimum atomic E-state index is -0.594. The summed E-state index contributed by atoms with van der Waals surface area (Å²) in [5.74, 6) is 0.213. The number of anilines is 1. The topological polar surface area (TPSA) is 90.7 Å². The molecule has 1 amide bonds. The third-order valence-electron chi connectivity index (χ3n) is 5.67. The van der Waals surface area contributed by atoms with Crippen molar-refractivity contribution >= 4 is 17.7 Å². The van der Waals surface area contributed by atoms with Gasteiger partial charge in [-0.1, -0.05) is 59.8 Å². The highest BCUT2D eigenvalue weighted by Gasteiger charge is 2.52. The van der Waals surface area contributed by atoms with E-state index in [1.165, 1.54) is 7.11 Å². The highest BCUT2D eigenvalue weighted by Crippen LogP contribution is 2.49. The van der Waals surface area contributed by atoms with Crippen LogP contribution in [0.25, 0.3) is 11.3 Å². The van der Waals surface area contributed by atoms with E-state index in [1.807, 2.05) is 61.5 Å². The molecule has 1 heterocycles. The minimum absolute atomic E-state index is 0.214. The highest BCUT2D eigenvalue weighted by atomic mass is 16.6. The Morgan fingerprint density at radius 1 is 1.10 bits per heavy atom. The van der Waals surface area contributed by atoms with E-state index in [2.05, 4.69) is 10.5 Å². The first-order chi connectivity index (χ1) is 14.9. The largest absolute Gasteiger partial charge is 0.468 e. The zero-order valence-electron chi connectivity index (χ0n) is 17.7. The Morgan fingerprint density at radius 3 is 2.39 bits per heavy atom. The number of methoxy groups -OCH3 is 1. The molecule has 2 aromatic carbocycles. The summed E-state index contributed by atoms with van der Waals surface area (Å²) in [4.78, 5) is 24.6. The predicted octanol–water partition coefficient (Wildman–Crippen LogP) is 5.16. The number of nitrogens with zero attached hydrogens (tertiary/aromatic N) is 1. The molecule has 0 unspecified atom stereocenters. The molecule has 160 valence electrons. The summed E-state index contributed by atoms with van der Waals surface area (Å²) >= 11 is 0. The number of carbonyl (C=O) groups is 2. The fourth-order valence-corrected chi connectivity index (χ4v) is 3.67. The molecule has 1 N–H and O–H groups in total. The van der Waals surface area contributed by atoms with E-state index < -0.39 is 17.6 Å². The molecule has 0 aliphatic heterocycles. The first-order valence-electron chi connectivity index (χ1n) is 10.1. The molecule has 0 saturated heterocycles. The molecule has 1 aliphatic carbocycles. The quantitative estimate of drug-likeness (QED) is 0.554. The Hall–Kier alpha value is -3.61. The molecule has 0 radical (unpaired) electrons. The second-order valence-electron chi connectivity index (χ2n) is 7.71. The summed E-state index contributed by atoms with van der Waals surface area (Å²) < 4.78 is 15.9. The van der Waals surface area contributed by atoms with Gasteiger partial charge in [-0.3, -0.25) is 10.1 Å². The molecule has 3 aromatic rings. The van der Waals surface area contributed by atoms with Gasteiger partial charge in [-0.2, -0.15) is 0 Å². The fourth-order valence-electron chi connectivity index (χ4n) is 3.67. The van der Waals surface area contributed by atoms with E-state index in [9.17, 15) is 9.59 Å². The zero-order valence-corrected chi connectivity index (χ0v) is 17.7. The normalized spacial score (nSPS) is 15.1. The van der Waals surface area contributed by atoms with Crippen LogP contribution in [0.2, 0.25) is 0 Å². The number of rotatable bonds is 6. The zero-order chi connectivity index (χ0) is 22.0. The summed E-state index contributed by atoms with van der Waals surface area (Å²) in [6.07, 6.45) is 0.553. The SMILES string of the molecule is COC(=O)C1(c2ccc(-c3onc(C)c3NC(=O)O[C@H](C)c3ccccc3)cc2)CC1. The molecule has 1 atom stereocenters. The van der Waals surface area contributed by atoms with E-state index in [-0.39, 0.29) is 5.97 Å². The van der Waals surface area contributed by atoms with Gasteiger partial charge in [-0.25, -0.2) is 4.79 Å². The summed E-state index contributed by atoms with van der Waals surface area (Å²) in [6.45, 7) is 3.55. The molecule has 1 fully saturated rings. The summed E-state index contributed by atoms with van der Waals surface area (Å²) in [5, 5.41) is 6.74. The van der Waals surface area contributed by atoms with Crippen LogP contribution in [0, 0.1) is 6.92 Å². The lowest BCUT2D eigenvalue weighted by molar-refractivity contribution is -0.143. The van der Waals surface area contributed by atoms with Crippen LogP contribution in [0.15, 0.2) is 59.1 Å². The van der Waals surface area contributed by atoms with Crippen LogP contribution in [0.4, 0.5) is 10.5 Å². The van der Waals surface area contributed by atoms with Crippen molar-refractivity contribution in [2.75, 3.05) is 12.4 Å². The number of aromatic nitrogens is 1. The summed E-state index contributed by atoms with van der Waals surface area (Å²) in [7, 11) is 1.41. The number of ether oxygens (including phenoxy) is 2. The lowest BCUT2D eigenvalue weighted by atomic mass is 9.94. The molecule has 7 heteroatoms. The molecular weight excluding hydrogens is 396 g/mol. The Balaban J connectivity index is 1.50. The second kappa shape index (κ2) is 8.26. The fraction of sp³-hybridized carbons (Fsp3) is 0.292. The number of amides is 1. The van der Waals surface area contributed by atoms with Crippen molar-refractivity contribution in [3.63, 3.8) is 0 Å².